The number of nitrogens with one attached hydrogen (secondary N) is 1. The summed E-state index contributed by atoms with van der Waals surface area (Å²) in [5.74, 6) is 0. The lowest BCUT2D eigenvalue weighted by atomic mass is 10.2. The highest BCUT2D eigenvalue weighted by atomic mass is 14.9. The Kier molecular flexibility index (Phi) is 1.24. The molecule has 0 fully saturated rings. The molecule has 0 aromatic carbocycles. The zero-order chi connectivity index (χ0) is 5.98. The predicted octanol–water partition coefficient (Wildman–Crippen LogP) is 0.334. The Morgan fingerprint density at radius 1 is 1.75 bits per heavy atom. The first-order valence-corrected chi connectivity index (χ1v) is 2.69. The van der Waals surface area contributed by atoms with Crippen molar-refractivity contribution in [1.29, 1.82) is 0 Å². The summed E-state index contributed by atoms with van der Waals surface area (Å²) in [7, 11) is 0. The second-order valence-corrected chi connectivity index (χ2v) is 1.96. The number of hydrogen-bond acceptors (Lipinski definition) is 2. The minimum atomic E-state index is 0.433. The van der Waals surface area contributed by atoms with E-state index in [1.807, 2.05) is 18.4 Å². The Labute approximate surface area is 49.1 Å². The maximum Gasteiger partial charge on any atom is 0.0471 e. The van der Waals surface area contributed by atoms with Gasteiger partial charge in [0, 0.05) is 17.9 Å². The van der Waals surface area contributed by atoms with E-state index in [2.05, 4.69) is 12.2 Å². The summed E-state index contributed by atoms with van der Waals surface area (Å²) < 4.78 is 0. The third-order valence-corrected chi connectivity index (χ3v) is 1.09. The average Bonchev–Trinajstić information content (AvgIpc) is 1.77. The fourth-order valence-electron chi connectivity index (χ4n) is 0.587. The molecule has 0 amide bonds. The smallest absolute Gasteiger partial charge is 0.0471 e. The van der Waals surface area contributed by atoms with Crippen molar-refractivity contribution in [3.05, 3.63) is 24.0 Å². The molecule has 2 nitrogen and oxygen atoms in total. The lowest BCUT2D eigenvalue weighted by Gasteiger charge is -2.10. The molecule has 2 heteroatoms. The van der Waals surface area contributed by atoms with Gasteiger partial charge >= 0.3 is 0 Å². The van der Waals surface area contributed by atoms with Crippen LogP contribution in [0.25, 0.3) is 0 Å². The van der Waals surface area contributed by atoms with Crippen molar-refractivity contribution in [3.8, 4) is 0 Å². The molecule has 0 aromatic heterocycles. The van der Waals surface area contributed by atoms with Crippen LogP contribution < -0.4 is 11.1 Å². The molecule has 0 aliphatic carbocycles. The van der Waals surface area contributed by atoms with Gasteiger partial charge in [0.15, 0.2) is 0 Å². The highest BCUT2D eigenvalue weighted by molar-refractivity contribution is 5.19. The molecule has 0 spiro atoms. The van der Waals surface area contributed by atoms with E-state index >= 15 is 0 Å². The second kappa shape index (κ2) is 1.90. The summed E-state index contributed by atoms with van der Waals surface area (Å²) in [6, 6.07) is 0.433. The van der Waals surface area contributed by atoms with Crippen molar-refractivity contribution in [2.45, 2.75) is 13.0 Å². The normalized spacial score (nSPS) is 26.6. The van der Waals surface area contributed by atoms with E-state index in [-0.39, 0.29) is 0 Å². The summed E-state index contributed by atoms with van der Waals surface area (Å²) >= 11 is 0. The molecule has 0 radical (unpaired) electrons. The molecule has 3 N–H and O–H groups in total. The Morgan fingerprint density at radius 2 is 2.50 bits per heavy atom. The fourth-order valence-corrected chi connectivity index (χ4v) is 0.587. The molecule has 1 unspecified atom stereocenters. The minimum absolute atomic E-state index is 0.433. The predicted molar refractivity (Wildman–Crippen MR) is 34.0 cm³/mol. The molecule has 1 atom stereocenters. The van der Waals surface area contributed by atoms with E-state index in [1.165, 1.54) is 0 Å². The van der Waals surface area contributed by atoms with Crippen LogP contribution in [0.2, 0.25) is 0 Å². The van der Waals surface area contributed by atoms with Gasteiger partial charge in [-0.25, -0.2) is 0 Å². The molecule has 1 rings (SSSR count). The molecule has 1 aliphatic heterocycles. The van der Waals surface area contributed by atoms with Gasteiger partial charge in [-0.2, -0.15) is 0 Å². The van der Waals surface area contributed by atoms with E-state index in [9.17, 15) is 0 Å². The summed E-state index contributed by atoms with van der Waals surface area (Å²) in [5, 5.41) is 3.06. The maximum atomic E-state index is 5.41. The van der Waals surface area contributed by atoms with Crippen molar-refractivity contribution in [3.63, 3.8) is 0 Å². The summed E-state index contributed by atoms with van der Waals surface area (Å²) in [6.07, 6.45) is 5.74. The van der Waals surface area contributed by atoms with Gasteiger partial charge in [-0.05, 0) is 13.0 Å². The quantitative estimate of drug-likeness (QED) is 0.471. The van der Waals surface area contributed by atoms with Crippen LogP contribution in [-0.2, 0) is 0 Å². The Bertz CT molecular complexity index is 135. The maximum absolute atomic E-state index is 5.41. The van der Waals surface area contributed by atoms with E-state index in [4.69, 9.17) is 5.73 Å². The number of nitrogens with two attached hydrogens (primary N) is 1. The van der Waals surface area contributed by atoms with Crippen LogP contribution in [-0.4, -0.2) is 6.04 Å². The molecule has 44 valence electrons. The standard InChI is InChI=1S/C6H10N2/c1-5-2-3-6(7)4-8-5/h2-5,8H,7H2,1H3. The average molecular weight is 110 g/mol. The zero-order valence-corrected chi connectivity index (χ0v) is 4.89. The van der Waals surface area contributed by atoms with E-state index in [0.717, 1.165) is 5.70 Å². The fraction of sp³-hybridized carbons (Fsp3) is 0.333. The highest BCUT2D eigenvalue weighted by Gasteiger charge is 1.95. The number of dihydropyridines is 1. The minimum Gasteiger partial charge on any atom is -0.398 e. The van der Waals surface area contributed by atoms with E-state index in [0.29, 0.717) is 6.04 Å². The van der Waals surface area contributed by atoms with Gasteiger partial charge in [0.1, 0.15) is 0 Å². The Hall–Kier alpha value is -0.920. The third-order valence-electron chi connectivity index (χ3n) is 1.09. The largest absolute Gasteiger partial charge is 0.398 e. The SMILES string of the molecule is CC1C=CC(N)=CN1. The lowest BCUT2D eigenvalue weighted by Crippen LogP contribution is -2.22. The van der Waals surface area contributed by atoms with Gasteiger partial charge in [-0.3, -0.25) is 0 Å². The van der Waals surface area contributed by atoms with Crippen molar-refractivity contribution in [2.24, 2.45) is 5.73 Å². The van der Waals surface area contributed by atoms with Gasteiger partial charge in [-0.1, -0.05) is 6.08 Å². The van der Waals surface area contributed by atoms with Crippen molar-refractivity contribution < 1.29 is 0 Å². The molecular weight excluding hydrogens is 100 g/mol. The topological polar surface area (TPSA) is 38.0 Å². The van der Waals surface area contributed by atoms with Gasteiger partial charge in [0.2, 0.25) is 0 Å². The molecule has 1 heterocycles. The van der Waals surface area contributed by atoms with Crippen molar-refractivity contribution in [1.82, 2.24) is 5.32 Å². The molecule has 1 aliphatic rings. The number of allylic oxidation sites excluding steroid dienone is 1. The van der Waals surface area contributed by atoms with Crippen LogP contribution in [0.1, 0.15) is 6.92 Å². The molecule has 0 bridgehead atoms. The first kappa shape index (κ1) is 5.22. The zero-order valence-electron chi connectivity index (χ0n) is 4.89. The number of hydrogen-bond donors (Lipinski definition) is 2. The Balaban J connectivity index is 2.58. The van der Waals surface area contributed by atoms with Crippen LogP contribution in [0.4, 0.5) is 0 Å². The van der Waals surface area contributed by atoms with Crippen molar-refractivity contribution in [2.75, 3.05) is 0 Å². The van der Waals surface area contributed by atoms with Gasteiger partial charge < -0.3 is 11.1 Å². The van der Waals surface area contributed by atoms with E-state index in [1.54, 1.807) is 0 Å². The van der Waals surface area contributed by atoms with Crippen molar-refractivity contribution >= 4 is 0 Å². The van der Waals surface area contributed by atoms with Gasteiger partial charge in [-0.15, -0.1) is 0 Å². The van der Waals surface area contributed by atoms with Crippen LogP contribution in [0.3, 0.4) is 0 Å². The first-order valence-electron chi connectivity index (χ1n) is 2.69. The monoisotopic (exact) mass is 110 g/mol. The van der Waals surface area contributed by atoms with Crippen LogP contribution in [0.5, 0.6) is 0 Å². The summed E-state index contributed by atoms with van der Waals surface area (Å²) in [6.45, 7) is 2.07. The second-order valence-electron chi connectivity index (χ2n) is 1.96. The number of rotatable bonds is 0. The van der Waals surface area contributed by atoms with Crippen LogP contribution >= 0.6 is 0 Å². The third kappa shape index (κ3) is 1.03. The van der Waals surface area contributed by atoms with Gasteiger partial charge in [0.25, 0.3) is 0 Å². The first-order chi connectivity index (χ1) is 3.79. The highest BCUT2D eigenvalue weighted by Crippen LogP contribution is 1.95. The molecule has 0 saturated carbocycles. The molecule has 0 saturated heterocycles. The molecule has 0 aromatic rings. The summed E-state index contributed by atoms with van der Waals surface area (Å²) in [5.41, 5.74) is 6.20. The lowest BCUT2D eigenvalue weighted by molar-refractivity contribution is 0.752. The van der Waals surface area contributed by atoms with E-state index < -0.39 is 0 Å². The van der Waals surface area contributed by atoms with Crippen LogP contribution in [0.15, 0.2) is 24.0 Å². The molecule has 8 heavy (non-hydrogen) atoms. The summed E-state index contributed by atoms with van der Waals surface area (Å²) in [4.78, 5) is 0. The molecular formula is C6H10N2. The van der Waals surface area contributed by atoms with Crippen LogP contribution in [0, 0.1) is 0 Å². The van der Waals surface area contributed by atoms with Gasteiger partial charge in [0.05, 0.1) is 0 Å². The Morgan fingerprint density at radius 3 is 2.88 bits per heavy atom.